The van der Waals surface area contributed by atoms with Crippen LogP contribution in [0.25, 0.3) is 0 Å². The molecule has 3 nitrogen and oxygen atoms in total. The molecule has 2 N–H and O–H groups in total. The number of hydrogen-bond acceptors (Lipinski definition) is 2. The van der Waals surface area contributed by atoms with Gasteiger partial charge in [0.15, 0.2) is 0 Å². The molecule has 94 valence electrons. The van der Waals surface area contributed by atoms with Crippen molar-refractivity contribution in [1.29, 1.82) is 0 Å². The summed E-state index contributed by atoms with van der Waals surface area (Å²) in [5.41, 5.74) is 2.34. The summed E-state index contributed by atoms with van der Waals surface area (Å²) in [5, 5.41) is 12.4. The lowest BCUT2D eigenvalue weighted by Crippen LogP contribution is -2.30. The summed E-state index contributed by atoms with van der Waals surface area (Å²) < 4.78 is 0. The van der Waals surface area contributed by atoms with Crippen LogP contribution in [0.3, 0.4) is 0 Å². The summed E-state index contributed by atoms with van der Waals surface area (Å²) in [7, 11) is 0. The third-order valence-corrected chi connectivity index (χ3v) is 2.82. The van der Waals surface area contributed by atoms with Crippen molar-refractivity contribution in [2.24, 2.45) is 0 Å². The van der Waals surface area contributed by atoms with Crippen molar-refractivity contribution in [1.82, 2.24) is 0 Å². The molecule has 0 fully saturated rings. The Morgan fingerprint density at radius 1 is 1.41 bits per heavy atom. The van der Waals surface area contributed by atoms with Crippen molar-refractivity contribution in [3.63, 3.8) is 0 Å². The molecule has 1 aromatic carbocycles. The molecule has 1 aromatic rings. The van der Waals surface area contributed by atoms with Crippen LogP contribution >= 0.6 is 0 Å². The fourth-order valence-electron chi connectivity index (χ4n) is 1.99. The molecule has 0 unspecified atom stereocenters. The topological polar surface area (TPSA) is 49.3 Å². The Balaban J connectivity index is 2.90. The average Bonchev–Trinajstić information content (AvgIpc) is 2.20. The molecular formula is C14H21NO2. The van der Waals surface area contributed by atoms with E-state index in [9.17, 15) is 4.79 Å². The van der Waals surface area contributed by atoms with Crippen LogP contribution in [-0.4, -0.2) is 16.6 Å². The average molecular weight is 235 g/mol. The van der Waals surface area contributed by atoms with Crippen molar-refractivity contribution in [2.75, 3.05) is 5.32 Å². The van der Waals surface area contributed by atoms with Crippen LogP contribution in [-0.2, 0) is 0 Å². The van der Waals surface area contributed by atoms with Gasteiger partial charge in [-0.25, -0.2) is 4.79 Å². The number of hydrogen-bond donors (Lipinski definition) is 2. The summed E-state index contributed by atoms with van der Waals surface area (Å²) in [6.45, 7) is 8.39. The highest BCUT2D eigenvalue weighted by Crippen LogP contribution is 2.23. The fraction of sp³-hybridized carbons (Fsp3) is 0.500. The van der Waals surface area contributed by atoms with Crippen molar-refractivity contribution in [3.8, 4) is 0 Å². The Morgan fingerprint density at radius 2 is 2.06 bits per heavy atom. The molecule has 17 heavy (non-hydrogen) atoms. The van der Waals surface area contributed by atoms with Gasteiger partial charge >= 0.3 is 5.97 Å². The Hall–Kier alpha value is -1.51. The normalized spacial score (nSPS) is 11.3. The van der Waals surface area contributed by atoms with Gasteiger partial charge in [0.2, 0.25) is 0 Å². The first-order valence-corrected chi connectivity index (χ1v) is 5.98. The van der Waals surface area contributed by atoms with Crippen LogP contribution in [0.15, 0.2) is 18.2 Å². The predicted molar refractivity (Wildman–Crippen MR) is 70.7 cm³/mol. The highest BCUT2D eigenvalue weighted by Gasteiger charge is 2.17. The lowest BCUT2D eigenvalue weighted by atomic mass is 9.97. The zero-order valence-corrected chi connectivity index (χ0v) is 11.0. The second kappa shape index (κ2) is 5.21. The minimum Gasteiger partial charge on any atom is -0.478 e. The maximum atomic E-state index is 10.8. The molecule has 0 amide bonds. The summed E-state index contributed by atoms with van der Waals surface area (Å²) >= 11 is 0. The molecule has 0 saturated heterocycles. The number of anilines is 1. The van der Waals surface area contributed by atoms with Crippen LogP contribution in [0.1, 0.15) is 49.5 Å². The van der Waals surface area contributed by atoms with E-state index < -0.39 is 5.97 Å². The van der Waals surface area contributed by atoms with Crippen molar-refractivity contribution in [3.05, 3.63) is 29.3 Å². The van der Waals surface area contributed by atoms with E-state index in [1.807, 2.05) is 13.0 Å². The number of rotatable bonds is 5. The van der Waals surface area contributed by atoms with E-state index in [2.05, 4.69) is 26.1 Å². The summed E-state index contributed by atoms with van der Waals surface area (Å²) in [6, 6.07) is 5.18. The first-order chi connectivity index (χ1) is 7.85. The first-order valence-electron chi connectivity index (χ1n) is 5.98. The smallest absolute Gasteiger partial charge is 0.335 e. The first kappa shape index (κ1) is 13.6. The number of benzene rings is 1. The number of carbonyl (C=O) groups is 1. The number of carboxylic acids is 1. The molecule has 0 aromatic heterocycles. The minimum atomic E-state index is -0.882. The fourth-order valence-corrected chi connectivity index (χ4v) is 1.99. The van der Waals surface area contributed by atoms with Gasteiger partial charge in [-0.05, 0) is 51.0 Å². The molecule has 0 aliphatic heterocycles. The molecule has 1 rings (SSSR count). The van der Waals surface area contributed by atoms with E-state index >= 15 is 0 Å². The zero-order valence-electron chi connectivity index (χ0n) is 11.0. The van der Waals surface area contributed by atoms with Gasteiger partial charge in [0, 0.05) is 11.2 Å². The maximum absolute atomic E-state index is 10.8. The van der Waals surface area contributed by atoms with Crippen LogP contribution in [0.2, 0.25) is 0 Å². The number of carboxylic acid groups (broad SMARTS) is 1. The quantitative estimate of drug-likeness (QED) is 0.818. The second-order valence-electron chi connectivity index (χ2n) is 5.09. The molecule has 3 heteroatoms. The van der Waals surface area contributed by atoms with E-state index in [1.54, 1.807) is 12.1 Å². The van der Waals surface area contributed by atoms with Gasteiger partial charge in [0.05, 0.1) is 5.56 Å². The molecule has 0 radical (unpaired) electrons. The lowest BCUT2D eigenvalue weighted by molar-refractivity contribution is 0.0697. The SMILES string of the molecule is CCCC(C)(C)Nc1ccc(C(=O)O)cc1C. The summed E-state index contributed by atoms with van der Waals surface area (Å²) in [4.78, 5) is 10.8. The molecule has 0 aliphatic rings. The predicted octanol–water partition coefficient (Wildman–Crippen LogP) is 3.68. The van der Waals surface area contributed by atoms with E-state index in [4.69, 9.17) is 5.11 Å². The molecule has 0 heterocycles. The van der Waals surface area contributed by atoms with Crippen LogP contribution in [0.5, 0.6) is 0 Å². The summed E-state index contributed by atoms with van der Waals surface area (Å²) in [5.74, 6) is -0.882. The highest BCUT2D eigenvalue weighted by molar-refractivity contribution is 5.88. The highest BCUT2D eigenvalue weighted by atomic mass is 16.4. The van der Waals surface area contributed by atoms with E-state index in [0.29, 0.717) is 5.56 Å². The third-order valence-electron chi connectivity index (χ3n) is 2.82. The molecular weight excluding hydrogens is 214 g/mol. The van der Waals surface area contributed by atoms with Crippen LogP contribution in [0.4, 0.5) is 5.69 Å². The Morgan fingerprint density at radius 3 is 2.53 bits per heavy atom. The number of aromatic carboxylic acids is 1. The van der Waals surface area contributed by atoms with E-state index in [-0.39, 0.29) is 5.54 Å². The lowest BCUT2D eigenvalue weighted by Gasteiger charge is -2.28. The molecule has 0 atom stereocenters. The Labute approximate surface area is 103 Å². The van der Waals surface area contributed by atoms with E-state index in [1.165, 1.54) is 0 Å². The van der Waals surface area contributed by atoms with Crippen molar-refractivity contribution < 1.29 is 9.90 Å². The van der Waals surface area contributed by atoms with Gasteiger partial charge in [-0.15, -0.1) is 0 Å². The second-order valence-corrected chi connectivity index (χ2v) is 5.09. The molecule has 0 aliphatic carbocycles. The molecule has 0 saturated carbocycles. The summed E-state index contributed by atoms with van der Waals surface area (Å²) in [6.07, 6.45) is 2.19. The Bertz CT molecular complexity index is 411. The third kappa shape index (κ3) is 3.77. The van der Waals surface area contributed by atoms with Gasteiger partial charge in [0.1, 0.15) is 0 Å². The van der Waals surface area contributed by atoms with Crippen LogP contribution in [0, 0.1) is 6.92 Å². The van der Waals surface area contributed by atoms with Gasteiger partial charge in [0.25, 0.3) is 0 Å². The molecule has 0 bridgehead atoms. The zero-order chi connectivity index (χ0) is 13.1. The molecule has 0 spiro atoms. The maximum Gasteiger partial charge on any atom is 0.335 e. The van der Waals surface area contributed by atoms with E-state index in [0.717, 1.165) is 24.1 Å². The van der Waals surface area contributed by atoms with Gasteiger partial charge in [-0.1, -0.05) is 13.3 Å². The number of aryl methyl sites for hydroxylation is 1. The number of nitrogens with one attached hydrogen (secondary N) is 1. The monoisotopic (exact) mass is 235 g/mol. The van der Waals surface area contributed by atoms with Crippen LogP contribution < -0.4 is 5.32 Å². The minimum absolute atomic E-state index is 0.0320. The van der Waals surface area contributed by atoms with Gasteiger partial charge in [-0.3, -0.25) is 0 Å². The Kier molecular flexibility index (Phi) is 4.16. The van der Waals surface area contributed by atoms with Gasteiger partial charge < -0.3 is 10.4 Å². The van der Waals surface area contributed by atoms with Crippen molar-refractivity contribution >= 4 is 11.7 Å². The van der Waals surface area contributed by atoms with Crippen molar-refractivity contribution in [2.45, 2.75) is 46.1 Å². The largest absolute Gasteiger partial charge is 0.478 e. The van der Waals surface area contributed by atoms with Gasteiger partial charge in [-0.2, -0.15) is 0 Å². The standard InChI is InChI=1S/C14H21NO2/c1-5-8-14(3,4)15-12-7-6-11(13(16)17)9-10(12)2/h6-7,9,15H,5,8H2,1-4H3,(H,16,17).